The van der Waals surface area contributed by atoms with E-state index in [4.69, 9.17) is 5.26 Å². The Bertz CT molecular complexity index is 780. The number of nitrogens with zero attached hydrogens (tertiary/aromatic N) is 4. The summed E-state index contributed by atoms with van der Waals surface area (Å²) in [6.45, 7) is 4.23. The molecule has 0 bridgehead atoms. The summed E-state index contributed by atoms with van der Waals surface area (Å²) < 4.78 is 0. The second-order valence-electron chi connectivity index (χ2n) is 5.42. The average Bonchev–Trinajstić information content (AvgIpc) is 2.96. The minimum atomic E-state index is -0.0189. The van der Waals surface area contributed by atoms with Crippen LogP contribution in [0.3, 0.4) is 0 Å². The Morgan fingerprint density at radius 3 is 2.59 bits per heavy atom. The van der Waals surface area contributed by atoms with E-state index in [1.807, 2.05) is 30.3 Å². The number of hydrogen-bond acceptors (Lipinski definition) is 5. The van der Waals surface area contributed by atoms with Crippen molar-refractivity contribution < 1.29 is 0 Å². The van der Waals surface area contributed by atoms with Crippen LogP contribution >= 0.6 is 0 Å². The van der Waals surface area contributed by atoms with Crippen LogP contribution in [0.4, 0.5) is 5.82 Å². The van der Waals surface area contributed by atoms with E-state index in [2.05, 4.69) is 39.3 Å². The number of anilines is 1. The third-order valence-electron chi connectivity index (χ3n) is 3.45. The molecule has 0 fully saturated rings. The third kappa shape index (κ3) is 2.74. The van der Waals surface area contributed by atoms with Gasteiger partial charge in [0.1, 0.15) is 17.7 Å². The minimum absolute atomic E-state index is 0.0189. The lowest BCUT2D eigenvalue weighted by Crippen LogP contribution is -2.19. The van der Waals surface area contributed by atoms with Gasteiger partial charge in [0.2, 0.25) is 0 Å². The molecule has 2 N–H and O–H groups in total. The van der Waals surface area contributed by atoms with Gasteiger partial charge in [-0.3, -0.25) is 0 Å². The molecule has 22 heavy (non-hydrogen) atoms. The van der Waals surface area contributed by atoms with E-state index < -0.39 is 0 Å². The molecule has 6 nitrogen and oxygen atoms in total. The van der Waals surface area contributed by atoms with Crippen molar-refractivity contribution in [1.29, 1.82) is 5.26 Å². The van der Waals surface area contributed by atoms with Crippen LogP contribution in [0, 0.1) is 17.2 Å². The van der Waals surface area contributed by atoms with E-state index in [9.17, 15) is 0 Å². The largest absolute Gasteiger partial charge is 0.358 e. The Morgan fingerprint density at radius 1 is 1.14 bits per heavy atom. The fourth-order valence-corrected chi connectivity index (χ4v) is 2.30. The highest BCUT2D eigenvalue weighted by Crippen LogP contribution is 2.25. The summed E-state index contributed by atoms with van der Waals surface area (Å²) >= 11 is 0. The highest BCUT2D eigenvalue weighted by molar-refractivity contribution is 5.74. The molecule has 2 aromatic heterocycles. The Labute approximate surface area is 128 Å². The van der Waals surface area contributed by atoms with Gasteiger partial charge in [-0.15, -0.1) is 10.2 Å². The maximum atomic E-state index is 8.77. The molecule has 0 aliphatic carbocycles. The van der Waals surface area contributed by atoms with Crippen molar-refractivity contribution in [3.63, 3.8) is 0 Å². The number of aromatic nitrogens is 4. The van der Waals surface area contributed by atoms with Gasteiger partial charge in [-0.05, 0) is 30.2 Å². The van der Waals surface area contributed by atoms with Crippen LogP contribution in [0.5, 0.6) is 0 Å². The molecule has 2 heterocycles. The topological polar surface area (TPSA) is 90.3 Å². The molecule has 0 aliphatic rings. The predicted octanol–water partition coefficient (Wildman–Crippen LogP) is 3.03. The van der Waals surface area contributed by atoms with Gasteiger partial charge < -0.3 is 10.3 Å². The second kappa shape index (κ2) is 5.82. The van der Waals surface area contributed by atoms with Crippen molar-refractivity contribution in [3.05, 3.63) is 47.9 Å². The number of nitrogens with one attached hydrogen (secondary N) is 2. The zero-order chi connectivity index (χ0) is 15.5. The van der Waals surface area contributed by atoms with Crippen molar-refractivity contribution in [1.82, 2.24) is 20.2 Å². The summed E-state index contributed by atoms with van der Waals surface area (Å²) in [5.41, 5.74) is 2.25. The van der Waals surface area contributed by atoms with Crippen molar-refractivity contribution in [2.45, 2.75) is 19.9 Å². The van der Waals surface area contributed by atoms with Crippen LogP contribution in [0.15, 0.2) is 36.4 Å². The van der Waals surface area contributed by atoms with E-state index in [1.165, 1.54) is 0 Å². The first-order valence-corrected chi connectivity index (χ1v) is 7.12. The quantitative estimate of drug-likeness (QED) is 0.771. The predicted molar refractivity (Wildman–Crippen MR) is 84.0 cm³/mol. The molecule has 0 unspecified atom stereocenters. The molecule has 3 aromatic rings. The summed E-state index contributed by atoms with van der Waals surface area (Å²) in [5, 5.41) is 20.0. The third-order valence-corrected chi connectivity index (χ3v) is 3.45. The number of rotatable bonds is 4. The molecular weight excluding hydrogens is 276 g/mol. The molecule has 1 aromatic carbocycles. The molecule has 0 saturated heterocycles. The Morgan fingerprint density at radius 2 is 1.95 bits per heavy atom. The summed E-state index contributed by atoms with van der Waals surface area (Å²) in [4.78, 5) is 7.99. The van der Waals surface area contributed by atoms with E-state index >= 15 is 0 Å². The number of H-pyrrole nitrogens is 1. The zero-order valence-corrected chi connectivity index (χ0v) is 12.4. The highest BCUT2D eigenvalue weighted by Gasteiger charge is 2.20. The summed E-state index contributed by atoms with van der Waals surface area (Å²) in [6.07, 6.45) is 0. The SMILES string of the molecule is CC(C)[C@@H](Nc1ccc(C#N)nn1)c1nc2ccccc2[nH]1. The van der Waals surface area contributed by atoms with Gasteiger partial charge in [-0.2, -0.15) is 5.26 Å². The highest BCUT2D eigenvalue weighted by atomic mass is 15.2. The molecule has 1 atom stereocenters. The number of benzene rings is 1. The Kier molecular flexibility index (Phi) is 3.71. The molecule has 0 spiro atoms. The van der Waals surface area contributed by atoms with Crippen molar-refractivity contribution in [3.8, 4) is 6.07 Å². The summed E-state index contributed by atoms with van der Waals surface area (Å²) in [7, 11) is 0. The van der Waals surface area contributed by atoms with Gasteiger partial charge in [-0.1, -0.05) is 26.0 Å². The van der Waals surface area contributed by atoms with Gasteiger partial charge in [-0.25, -0.2) is 4.98 Å². The molecule has 0 amide bonds. The van der Waals surface area contributed by atoms with Gasteiger partial charge in [0, 0.05) is 0 Å². The van der Waals surface area contributed by atoms with Crippen LogP contribution in [0.1, 0.15) is 31.4 Å². The fraction of sp³-hybridized carbons (Fsp3) is 0.250. The molecule has 6 heteroatoms. The van der Waals surface area contributed by atoms with Gasteiger partial charge in [0.15, 0.2) is 5.69 Å². The second-order valence-corrected chi connectivity index (χ2v) is 5.42. The summed E-state index contributed by atoms with van der Waals surface area (Å²) in [6, 6.07) is 13.3. The lowest BCUT2D eigenvalue weighted by atomic mass is 10.0. The lowest BCUT2D eigenvalue weighted by Gasteiger charge is -2.20. The number of fused-ring (bicyclic) bond motifs is 1. The van der Waals surface area contributed by atoms with Crippen LogP contribution in [0.25, 0.3) is 11.0 Å². The monoisotopic (exact) mass is 292 g/mol. The number of imidazole rings is 1. The molecule has 0 aliphatic heterocycles. The van der Waals surface area contributed by atoms with Crippen molar-refractivity contribution >= 4 is 16.9 Å². The number of para-hydroxylation sites is 2. The Hall–Kier alpha value is -2.94. The standard InChI is InChI=1S/C16H16N6/c1-10(2)15(20-14-8-7-11(9-17)21-22-14)16-18-12-5-3-4-6-13(12)19-16/h3-8,10,15H,1-2H3,(H,18,19)(H,20,22)/t15-/m1/s1. The number of hydrogen-bond donors (Lipinski definition) is 2. The van der Waals surface area contributed by atoms with Crippen LogP contribution < -0.4 is 5.32 Å². The fourth-order valence-electron chi connectivity index (χ4n) is 2.30. The van der Waals surface area contributed by atoms with Crippen LogP contribution in [0.2, 0.25) is 0 Å². The number of aromatic amines is 1. The summed E-state index contributed by atoms with van der Waals surface area (Å²) in [5.74, 6) is 1.79. The first-order chi connectivity index (χ1) is 10.7. The van der Waals surface area contributed by atoms with E-state index in [0.717, 1.165) is 16.9 Å². The minimum Gasteiger partial charge on any atom is -0.358 e. The number of nitriles is 1. The molecule has 3 rings (SSSR count). The average molecular weight is 292 g/mol. The molecule has 110 valence electrons. The molecular formula is C16H16N6. The first kappa shape index (κ1) is 14.0. The smallest absolute Gasteiger partial charge is 0.163 e. The molecule has 0 saturated carbocycles. The first-order valence-electron chi connectivity index (χ1n) is 7.12. The maximum Gasteiger partial charge on any atom is 0.163 e. The van der Waals surface area contributed by atoms with Gasteiger partial charge >= 0.3 is 0 Å². The van der Waals surface area contributed by atoms with Gasteiger partial charge in [0.25, 0.3) is 0 Å². The Balaban J connectivity index is 1.90. The van der Waals surface area contributed by atoms with Crippen molar-refractivity contribution in [2.75, 3.05) is 5.32 Å². The van der Waals surface area contributed by atoms with Crippen LogP contribution in [-0.4, -0.2) is 20.2 Å². The van der Waals surface area contributed by atoms with E-state index in [-0.39, 0.29) is 6.04 Å². The normalized spacial score (nSPS) is 12.3. The van der Waals surface area contributed by atoms with Crippen LogP contribution in [-0.2, 0) is 0 Å². The maximum absolute atomic E-state index is 8.77. The van der Waals surface area contributed by atoms with Gasteiger partial charge in [0.05, 0.1) is 17.1 Å². The lowest BCUT2D eigenvalue weighted by molar-refractivity contribution is 0.524. The van der Waals surface area contributed by atoms with E-state index in [1.54, 1.807) is 12.1 Å². The zero-order valence-electron chi connectivity index (χ0n) is 12.4. The van der Waals surface area contributed by atoms with Crippen molar-refractivity contribution in [2.24, 2.45) is 5.92 Å². The van der Waals surface area contributed by atoms with E-state index in [0.29, 0.717) is 17.4 Å². The molecule has 0 radical (unpaired) electrons.